The summed E-state index contributed by atoms with van der Waals surface area (Å²) in [6, 6.07) is 16.8. The van der Waals surface area contributed by atoms with Gasteiger partial charge in [-0.25, -0.2) is 0 Å². The van der Waals surface area contributed by atoms with Gasteiger partial charge in [0.1, 0.15) is 23.9 Å². The highest BCUT2D eigenvalue weighted by atomic mass is 32.1. The van der Waals surface area contributed by atoms with Crippen molar-refractivity contribution in [3.05, 3.63) is 77.8 Å². The van der Waals surface area contributed by atoms with Gasteiger partial charge in [-0.3, -0.25) is 9.69 Å². The highest BCUT2D eigenvalue weighted by Gasteiger charge is 2.22. The number of phenols is 2. The summed E-state index contributed by atoms with van der Waals surface area (Å²) in [4.78, 5) is 16.8. The first-order valence-electron chi connectivity index (χ1n) is 12.0. The Morgan fingerprint density at radius 1 is 0.971 bits per heavy atom. The van der Waals surface area contributed by atoms with Crippen molar-refractivity contribution >= 4 is 27.2 Å². The van der Waals surface area contributed by atoms with Gasteiger partial charge in [0.15, 0.2) is 5.78 Å². The molecule has 2 N–H and O–H groups in total. The molecular weight excluding hydrogens is 446 g/mol. The number of aromatic hydroxyl groups is 2. The topological polar surface area (TPSA) is 70.0 Å². The van der Waals surface area contributed by atoms with E-state index < -0.39 is 0 Å². The summed E-state index contributed by atoms with van der Waals surface area (Å²) in [5.41, 5.74) is 1.57. The molecule has 0 spiro atoms. The number of phenolic OH excluding ortho intramolecular Hbond substituents is 2. The van der Waals surface area contributed by atoms with E-state index in [-0.39, 0.29) is 23.3 Å². The van der Waals surface area contributed by atoms with Crippen molar-refractivity contribution in [3.8, 4) is 27.7 Å². The molecule has 4 aromatic rings. The monoisotopic (exact) mass is 474 g/mol. The van der Waals surface area contributed by atoms with Crippen molar-refractivity contribution in [2.45, 2.75) is 19.3 Å². The van der Waals surface area contributed by atoms with E-state index in [4.69, 9.17) is 6.11 Å². The van der Waals surface area contributed by atoms with Crippen LogP contribution in [0.15, 0.2) is 66.7 Å². The zero-order valence-corrected chi connectivity index (χ0v) is 19.6. The van der Waals surface area contributed by atoms with Crippen molar-refractivity contribution in [2.75, 3.05) is 26.2 Å². The highest BCUT2D eigenvalue weighted by molar-refractivity contribution is 7.22. The van der Waals surface area contributed by atoms with Gasteiger partial charge < -0.3 is 14.9 Å². The standard InChI is InChI=1S/C28H27NO4S/c30-21-8-4-20(5-9-21)28-26(24-13-10-22(31)18-25(24)34-28)27(32)19-6-11-23(12-7-19)33-17-16-29-14-2-1-3-15-29/h4-13,18,30-31H,1-3,14-17H2/i4D. The van der Waals surface area contributed by atoms with Crippen LogP contribution in [-0.4, -0.2) is 47.1 Å². The van der Waals surface area contributed by atoms with Gasteiger partial charge in [-0.2, -0.15) is 0 Å². The third-order valence-electron chi connectivity index (χ3n) is 6.18. The van der Waals surface area contributed by atoms with Gasteiger partial charge in [0.05, 0.1) is 1.37 Å². The number of ketones is 1. The maximum Gasteiger partial charge on any atom is 0.195 e. The molecule has 1 aliphatic heterocycles. The van der Waals surface area contributed by atoms with E-state index in [0.717, 1.165) is 35.5 Å². The largest absolute Gasteiger partial charge is 0.508 e. The first-order chi connectivity index (χ1) is 17.0. The van der Waals surface area contributed by atoms with Crippen LogP contribution in [0.5, 0.6) is 17.2 Å². The summed E-state index contributed by atoms with van der Waals surface area (Å²) >= 11 is 1.35. The summed E-state index contributed by atoms with van der Waals surface area (Å²) in [6.07, 6.45) is 3.81. The second kappa shape index (κ2) is 9.87. The molecule has 5 rings (SSSR count). The number of carbonyl (C=O) groups is 1. The van der Waals surface area contributed by atoms with Crippen molar-refractivity contribution in [3.63, 3.8) is 0 Å². The number of likely N-dealkylation sites (tertiary alicyclic amines) is 1. The van der Waals surface area contributed by atoms with E-state index in [1.54, 1.807) is 36.4 Å². The summed E-state index contributed by atoms with van der Waals surface area (Å²) in [6.45, 7) is 3.78. The van der Waals surface area contributed by atoms with E-state index in [1.165, 1.54) is 42.7 Å². The summed E-state index contributed by atoms with van der Waals surface area (Å²) < 4.78 is 15.0. The normalized spacial score (nSPS) is 14.8. The van der Waals surface area contributed by atoms with Crippen LogP contribution in [0.1, 0.15) is 36.6 Å². The van der Waals surface area contributed by atoms with Crippen LogP contribution in [-0.2, 0) is 0 Å². The van der Waals surface area contributed by atoms with Crippen LogP contribution in [0, 0.1) is 0 Å². The lowest BCUT2D eigenvalue weighted by molar-refractivity contribution is 0.104. The summed E-state index contributed by atoms with van der Waals surface area (Å²) in [7, 11) is 0. The van der Waals surface area contributed by atoms with Crippen LogP contribution >= 0.6 is 11.3 Å². The van der Waals surface area contributed by atoms with E-state index in [0.29, 0.717) is 28.2 Å². The molecule has 0 radical (unpaired) electrons. The molecule has 0 unspecified atom stereocenters. The Kier molecular flexibility index (Phi) is 6.16. The Bertz CT molecular complexity index is 1360. The van der Waals surface area contributed by atoms with Crippen LogP contribution in [0.4, 0.5) is 0 Å². The SMILES string of the molecule is [2H]c1cc(O)ccc1-c1sc2cc(O)ccc2c1C(=O)c1ccc(OCCN2CCCCC2)cc1. The number of thiophene rings is 1. The predicted octanol–water partition coefficient (Wildman–Crippen LogP) is 6.08. The fourth-order valence-corrected chi connectivity index (χ4v) is 5.60. The molecule has 0 atom stereocenters. The van der Waals surface area contributed by atoms with Crippen LogP contribution in [0.3, 0.4) is 0 Å². The first-order valence-corrected chi connectivity index (χ1v) is 12.4. The molecule has 1 aromatic heterocycles. The van der Waals surface area contributed by atoms with Crippen molar-refractivity contribution in [1.29, 1.82) is 0 Å². The molecule has 0 amide bonds. The minimum Gasteiger partial charge on any atom is -0.508 e. The zero-order chi connectivity index (χ0) is 24.4. The van der Waals surface area contributed by atoms with Crippen molar-refractivity contribution in [2.24, 2.45) is 0 Å². The molecule has 174 valence electrons. The average Bonchev–Trinajstić information content (AvgIpc) is 3.22. The Hall–Kier alpha value is -3.35. The lowest BCUT2D eigenvalue weighted by Crippen LogP contribution is -2.33. The summed E-state index contributed by atoms with van der Waals surface area (Å²) in [5.74, 6) is 0.684. The molecule has 3 aromatic carbocycles. The maximum atomic E-state index is 13.7. The molecule has 5 nitrogen and oxygen atoms in total. The molecule has 1 aliphatic rings. The van der Waals surface area contributed by atoms with Gasteiger partial charge in [-0.15, -0.1) is 11.3 Å². The Morgan fingerprint density at radius 3 is 2.50 bits per heavy atom. The quantitative estimate of drug-likeness (QED) is 0.318. The van der Waals surface area contributed by atoms with Crippen LogP contribution in [0.2, 0.25) is 0 Å². The Labute approximate surface area is 204 Å². The average molecular weight is 475 g/mol. The minimum absolute atomic E-state index is 0.00116. The van der Waals surface area contributed by atoms with Crippen molar-refractivity contribution < 1.29 is 21.1 Å². The third kappa shape index (κ3) is 4.79. The lowest BCUT2D eigenvalue weighted by Gasteiger charge is -2.26. The fraction of sp³-hybridized carbons (Fsp3) is 0.250. The maximum absolute atomic E-state index is 13.7. The third-order valence-corrected chi connectivity index (χ3v) is 7.37. The molecule has 1 saturated heterocycles. The number of rotatable bonds is 7. The number of fused-ring (bicyclic) bond motifs is 1. The number of hydrogen-bond acceptors (Lipinski definition) is 6. The first kappa shape index (κ1) is 21.2. The van der Waals surface area contributed by atoms with Gasteiger partial charge in [0, 0.05) is 32.6 Å². The molecule has 0 saturated carbocycles. The van der Waals surface area contributed by atoms with E-state index in [9.17, 15) is 15.0 Å². The number of hydrogen-bond donors (Lipinski definition) is 2. The molecule has 2 heterocycles. The number of nitrogens with zero attached hydrogens (tertiary/aromatic N) is 1. The Morgan fingerprint density at radius 2 is 1.74 bits per heavy atom. The lowest BCUT2D eigenvalue weighted by atomic mass is 9.97. The predicted molar refractivity (Wildman–Crippen MR) is 136 cm³/mol. The molecule has 34 heavy (non-hydrogen) atoms. The van der Waals surface area contributed by atoms with E-state index in [2.05, 4.69) is 4.90 Å². The second-order valence-electron chi connectivity index (χ2n) is 8.55. The van der Waals surface area contributed by atoms with Crippen LogP contribution < -0.4 is 4.74 Å². The molecule has 0 aliphatic carbocycles. The fourth-order valence-electron chi connectivity index (χ4n) is 4.38. The Balaban J connectivity index is 1.42. The molecule has 6 heteroatoms. The van der Waals surface area contributed by atoms with E-state index in [1.807, 2.05) is 12.1 Å². The van der Waals surface area contributed by atoms with Crippen molar-refractivity contribution in [1.82, 2.24) is 4.90 Å². The number of piperidine rings is 1. The second-order valence-corrected chi connectivity index (χ2v) is 9.60. The van der Waals surface area contributed by atoms with Gasteiger partial charge in [-0.05, 0) is 98.2 Å². The molecule has 0 bridgehead atoms. The number of ether oxygens (including phenoxy) is 1. The number of carbonyl (C=O) groups excluding carboxylic acids is 1. The number of benzene rings is 3. The minimum atomic E-state index is -0.163. The van der Waals surface area contributed by atoms with E-state index >= 15 is 0 Å². The summed E-state index contributed by atoms with van der Waals surface area (Å²) in [5, 5.41) is 20.4. The van der Waals surface area contributed by atoms with Crippen LogP contribution in [0.25, 0.3) is 20.5 Å². The highest BCUT2D eigenvalue weighted by Crippen LogP contribution is 2.41. The smallest absolute Gasteiger partial charge is 0.195 e. The van der Waals surface area contributed by atoms with Gasteiger partial charge in [-0.1, -0.05) is 6.42 Å². The van der Waals surface area contributed by atoms with Gasteiger partial charge >= 0.3 is 0 Å². The molecular formula is C28H27NO4S. The zero-order valence-electron chi connectivity index (χ0n) is 19.8. The molecule has 1 fully saturated rings. The van der Waals surface area contributed by atoms with Gasteiger partial charge in [0.25, 0.3) is 0 Å². The van der Waals surface area contributed by atoms with Gasteiger partial charge in [0.2, 0.25) is 0 Å².